The first-order valence-electron chi connectivity index (χ1n) is 12.4. The first-order valence-corrected chi connectivity index (χ1v) is 13.3. The SMILES string of the molecule is CC(C)(C#N)CO.COc1ccc(F)cc1CCn1c(=O)n(C(C)(C)C(=O)O)c(=O)c2c(C)c(-n3nccn3)sc21. The number of aliphatic hydroxyl groups excluding tert-OH is 1. The summed E-state index contributed by atoms with van der Waals surface area (Å²) in [7, 11) is 1.46. The third kappa shape index (κ3) is 6.21. The van der Waals surface area contributed by atoms with Gasteiger partial charge in [-0.25, -0.2) is 18.5 Å². The number of nitriles is 1. The number of nitrogens with zero attached hydrogens (tertiary/aromatic N) is 6. The number of carboxylic acids is 1. The number of aliphatic carboxylic acids is 1. The van der Waals surface area contributed by atoms with E-state index in [9.17, 15) is 23.9 Å². The van der Waals surface area contributed by atoms with Crippen LogP contribution in [0, 0.1) is 29.5 Å². The molecule has 0 atom stereocenters. The lowest BCUT2D eigenvalue weighted by Crippen LogP contribution is -2.52. The number of carbonyl (C=O) groups is 1. The number of aryl methyl sites for hydroxylation is 3. The third-order valence-electron chi connectivity index (χ3n) is 6.42. The van der Waals surface area contributed by atoms with E-state index in [0.717, 1.165) is 15.9 Å². The van der Waals surface area contributed by atoms with Crippen LogP contribution in [-0.4, -0.2) is 54.0 Å². The fraction of sp³-hybridized carbons (Fsp3) is 0.407. The Morgan fingerprint density at radius 2 is 1.83 bits per heavy atom. The maximum absolute atomic E-state index is 13.9. The standard InChI is InChI=1S/C22H22FN5O5S.C5H9NO/c1-12-16-17(29)27(22(2,3)20(30)31)21(32)26(19(16)34-18(12)28-24-8-9-25-28)10-7-13-11-14(23)5-6-15(13)33-4;1-5(2,3-6)4-7/h5-6,8-9,11H,7,10H2,1-4H3,(H,30,31);7H,4H2,1-2H3. The first kappa shape index (κ1) is 31.2. The van der Waals surface area contributed by atoms with Gasteiger partial charge in [0.1, 0.15) is 26.9 Å². The quantitative estimate of drug-likeness (QED) is 0.316. The highest BCUT2D eigenvalue weighted by Crippen LogP contribution is 2.31. The van der Waals surface area contributed by atoms with Crippen LogP contribution in [0.4, 0.5) is 4.39 Å². The van der Waals surface area contributed by atoms with Crippen molar-refractivity contribution in [3.05, 3.63) is 68.4 Å². The van der Waals surface area contributed by atoms with Crippen LogP contribution in [0.25, 0.3) is 15.2 Å². The fourth-order valence-electron chi connectivity index (χ4n) is 3.84. The zero-order valence-electron chi connectivity index (χ0n) is 23.5. The van der Waals surface area contributed by atoms with E-state index < -0.39 is 34.0 Å². The molecule has 3 aromatic heterocycles. The Bertz CT molecular complexity index is 1730. The lowest BCUT2D eigenvalue weighted by Gasteiger charge is -2.23. The molecule has 0 amide bonds. The number of aromatic nitrogens is 5. The smallest absolute Gasteiger partial charge is 0.333 e. The molecule has 41 heavy (non-hydrogen) atoms. The number of carboxylic acid groups (broad SMARTS) is 1. The summed E-state index contributed by atoms with van der Waals surface area (Å²) in [6, 6.07) is 6.02. The van der Waals surface area contributed by atoms with Crippen LogP contribution in [-0.2, 0) is 23.3 Å². The monoisotopic (exact) mass is 586 g/mol. The van der Waals surface area contributed by atoms with Gasteiger partial charge >= 0.3 is 11.7 Å². The van der Waals surface area contributed by atoms with Crippen LogP contribution in [0.15, 0.2) is 40.2 Å². The summed E-state index contributed by atoms with van der Waals surface area (Å²) >= 11 is 1.15. The lowest BCUT2D eigenvalue weighted by molar-refractivity contribution is -0.146. The van der Waals surface area contributed by atoms with Crippen molar-refractivity contribution < 1.29 is 24.1 Å². The summed E-state index contributed by atoms with van der Waals surface area (Å²) in [6.45, 7) is 7.64. The first-order chi connectivity index (χ1) is 19.2. The van der Waals surface area contributed by atoms with Crippen molar-refractivity contribution in [1.82, 2.24) is 24.1 Å². The Morgan fingerprint density at radius 3 is 2.34 bits per heavy atom. The van der Waals surface area contributed by atoms with E-state index in [1.807, 2.05) is 6.07 Å². The zero-order valence-corrected chi connectivity index (χ0v) is 24.3. The number of hydrogen-bond acceptors (Lipinski definition) is 9. The van der Waals surface area contributed by atoms with Gasteiger partial charge in [-0.15, -0.1) is 4.80 Å². The second-order valence-electron chi connectivity index (χ2n) is 10.3. The molecule has 0 fully saturated rings. The van der Waals surface area contributed by atoms with E-state index in [-0.39, 0.29) is 25.0 Å². The maximum Gasteiger partial charge on any atom is 0.333 e. The Balaban J connectivity index is 0.000000587. The van der Waals surface area contributed by atoms with Crippen molar-refractivity contribution in [3.8, 4) is 16.8 Å². The minimum Gasteiger partial charge on any atom is -0.496 e. The predicted octanol–water partition coefficient (Wildman–Crippen LogP) is 2.85. The van der Waals surface area contributed by atoms with E-state index in [2.05, 4.69) is 10.2 Å². The summed E-state index contributed by atoms with van der Waals surface area (Å²) in [5.74, 6) is -1.33. The van der Waals surface area contributed by atoms with Crippen LogP contribution in [0.5, 0.6) is 5.75 Å². The molecule has 0 aliphatic rings. The number of aliphatic hydroxyl groups is 1. The Hall–Kier alpha value is -4.35. The van der Waals surface area contributed by atoms with Gasteiger partial charge in [0.15, 0.2) is 0 Å². The Morgan fingerprint density at radius 1 is 1.20 bits per heavy atom. The summed E-state index contributed by atoms with van der Waals surface area (Å²) in [6.07, 6.45) is 3.17. The number of rotatable bonds is 8. The average molecular weight is 587 g/mol. The number of benzene rings is 1. The molecule has 4 aromatic rings. The van der Waals surface area contributed by atoms with Gasteiger partial charge in [-0.05, 0) is 64.8 Å². The molecule has 0 aliphatic heterocycles. The molecule has 0 saturated carbocycles. The molecule has 14 heteroatoms. The van der Waals surface area contributed by atoms with Crippen molar-refractivity contribution in [3.63, 3.8) is 0 Å². The summed E-state index contributed by atoms with van der Waals surface area (Å²) < 4.78 is 21.3. The lowest BCUT2D eigenvalue weighted by atomic mass is 9.98. The van der Waals surface area contributed by atoms with Gasteiger partial charge in [-0.2, -0.15) is 15.5 Å². The number of ether oxygens (including phenoxy) is 1. The molecule has 0 saturated heterocycles. The molecular weight excluding hydrogens is 555 g/mol. The highest BCUT2D eigenvalue weighted by atomic mass is 32.1. The molecule has 0 spiro atoms. The third-order valence-corrected chi connectivity index (χ3v) is 7.70. The van der Waals surface area contributed by atoms with Crippen LogP contribution >= 0.6 is 11.3 Å². The van der Waals surface area contributed by atoms with Crippen LogP contribution < -0.4 is 16.0 Å². The van der Waals surface area contributed by atoms with Gasteiger partial charge in [0.2, 0.25) is 0 Å². The van der Waals surface area contributed by atoms with Gasteiger partial charge in [0.25, 0.3) is 5.56 Å². The number of thiophene rings is 1. The van der Waals surface area contributed by atoms with E-state index in [1.165, 1.54) is 60.9 Å². The van der Waals surface area contributed by atoms with Gasteiger partial charge in [-0.3, -0.25) is 9.36 Å². The maximum atomic E-state index is 13.9. The minimum absolute atomic E-state index is 0.0526. The number of fused-ring (bicyclic) bond motifs is 1. The molecule has 1 aromatic carbocycles. The molecule has 0 radical (unpaired) electrons. The molecule has 0 bridgehead atoms. The summed E-state index contributed by atoms with van der Waals surface area (Å²) in [5.41, 5.74) is -2.80. The van der Waals surface area contributed by atoms with Crippen molar-refractivity contribution in [1.29, 1.82) is 5.26 Å². The minimum atomic E-state index is -1.81. The molecule has 3 heterocycles. The van der Waals surface area contributed by atoms with E-state index >= 15 is 0 Å². The van der Waals surface area contributed by atoms with Crippen molar-refractivity contribution in [2.45, 2.75) is 53.1 Å². The molecule has 12 nitrogen and oxygen atoms in total. The van der Waals surface area contributed by atoms with Crippen LogP contribution in [0.2, 0.25) is 0 Å². The Labute approximate surface area is 238 Å². The predicted molar refractivity (Wildman–Crippen MR) is 150 cm³/mol. The largest absolute Gasteiger partial charge is 0.496 e. The van der Waals surface area contributed by atoms with Crippen molar-refractivity contribution in [2.24, 2.45) is 5.41 Å². The molecule has 4 rings (SSSR count). The van der Waals surface area contributed by atoms with Crippen LogP contribution in [0.1, 0.15) is 38.8 Å². The van der Waals surface area contributed by atoms with Gasteiger partial charge in [-0.1, -0.05) is 11.3 Å². The van der Waals surface area contributed by atoms with Crippen LogP contribution in [0.3, 0.4) is 0 Å². The van der Waals surface area contributed by atoms with E-state index in [0.29, 0.717) is 26.7 Å². The highest BCUT2D eigenvalue weighted by molar-refractivity contribution is 7.21. The van der Waals surface area contributed by atoms with Gasteiger partial charge in [0, 0.05) is 12.1 Å². The molecule has 0 unspecified atom stereocenters. The topological polar surface area (TPSA) is 165 Å². The number of halogens is 1. The highest BCUT2D eigenvalue weighted by Gasteiger charge is 2.35. The van der Waals surface area contributed by atoms with E-state index in [4.69, 9.17) is 15.1 Å². The molecule has 218 valence electrons. The Kier molecular flexibility index (Phi) is 9.15. The van der Waals surface area contributed by atoms with Gasteiger partial charge < -0.3 is 14.9 Å². The zero-order chi connectivity index (χ0) is 30.7. The molecule has 0 aliphatic carbocycles. The second kappa shape index (κ2) is 12.0. The van der Waals surface area contributed by atoms with E-state index in [1.54, 1.807) is 20.8 Å². The van der Waals surface area contributed by atoms with Crippen molar-refractivity contribution >= 4 is 27.5 Å². The summed E-state index contributed by atoms with van der Waals surface area (Å²) in [5, 5.41) is 35.3. The normalized spacial score (nSPS) is 11.6. The number of methoxy groups -OCH3 is 1. The van der Waals surface area contributed by atoms with Gasteiger partial charge in [0.05, 0.1) is 43.0 Å². The molecule has 2 N–H and O–H groups in total. The fourth-order valence-corrected chi connectivity index (χ4v) is 5.08. The second-order valence-corrected chi connectivity index (χ2v) is 11.3. The number of hydrogen-bond donors (Lipinski definition) is 2. The average Bonchev–Trinajstić information content (AvgIpc) is 3.57. The van der Waals surface area contributed by atoms with Crippen molar-refractivity contribution in [2.75, 3.05) is 13.7 Å². The summed E-state index contributed by atoms with van der Waals surface area (Å²) in [4.78, 5) is 40.6. The molecular formula is C27H31FN6O6S.